The third kappa shape index (κ3) is 3.39. The first kappa shape index (κ1) is 20.4. The third-order valence-corrected chi connectivity index (χ3v) is 6.80. The minimum Gasteiger partial charge on any atom is -0.455 e. The molecule has 1 atom stereocenters. The van der Waals surface area contributed by atoms with Crippen LogP contribution in [0.1, 0.15) is 29.5 Å². The van der Waals surface area contributed by atoms with Crippen molar-refractivity contribution in [3.63, 3.8) is 0 Å². The van der Waals surface area contributed by atoms with Crippen molar-refractivity contribution < 1.29 is 4.42 Å². The highest BCUT2D eigenvalue weighted by Crippen LogP contribution is 2.41. The molecule has 0 amide bonds. The quantitative estimate of drug-likeness (QED) is 0.274. The molecule has 2 heterocycles. The first-order valence-electron chi connectivity index (χ1n) is 11.7. The third-order valence-electron chi connectivity index (χ3n) is 6.80. The van der Waals surface area contributed by atoms with Gasteiger partial charge in [0.05, 0.1) is 5.69 Å². The van der Waals surface area contributed by atoms with E-state index >= 15 is 0 Å². The fraction of sp³-hybridized carbons (Fsp3) is 0.0938. The van der Waals surface area contributed by atoms with Crippen LogP contribution in [-0.4, -0.2) is 4.98 Å². The predicted molar refractivity (Wildman–Crippen MR) is 141 cm³/mol. The summed E-state index contributed by atoms with van der Waals surface area (Å²) in [6, 6.07) is 36.0. The number of aryl methyl sites for hydroxylation is 1. The lowest BCUT2D eigenvalue weighted by Gasteiger charge is -2.15. The Morgan fingerprint density at radius 1 is 0.735 bits per heavy atom. The monoisotopic (exact) mass is 439 g/mol. The summed E-state index contributed by atoms with van der Waals surface area (Å²) >= 11 is 0. The average Bonchev–Trinajstić information content (AvgIpc) is 3.28. The Morgan fingerprint density at radius 2 is 1.44 bits per heavy atom. The van der Waals surface area contributed by atoms with Gasteiger partial charge in [0, 0.05) is 34.0 Å². The minimum absolute atomic E-state index is 0.244. The number of rotatable bonds is 4. The van der Waals surface area contributed by atoms with Gasteiger partial charge in [-0.2, -0.15) is 0 Å². The van der Waals surface area contributed by atoms with Crippen molar-refractivity contribution in [2.45, 2.75) is 19.8 Å². The molecule has 0 radical (unpaired) electrons. The lowest BCUT2D eigenvalue weighted by atomic mass is 9.88. The van der Waals surface area contributed by atoms with Crippen LogP contribution >= 0.6 is 0 Å². The maximum absolute atomic E-state index is 6.48. The first-order valence-corrected chi connectivity index (χ1v) is 11.7. The Kier molecular flexibility index (Phi) is 5.00. The molecule has 0 saturated heterocycles. The average molecular weight is 440 g/mol. The molecule has 2 heteroatoms. The molecule has 1 unspecified atom stereocenters. The van der Waals surface area contributed by atoms with E-state index in [0.29, 0.717) is 0 Å². The molecular formula is C32H25NO. The number of para-hydroxylation sites is 1. The van der Waals surface area contributed by atoms with Crippen LogP contribution in [0.3, 0.4) is 0 Å². The van der Waals surface area contributed by atoms with Gasteiger partial charge in [-0.3, -0.25) is 4.98 Å². The molecular weight excluding hydrogens is 414 g/mol. The van der Waals surface area contributed by atoms with Crippen LogP contribution in [0.5, 0.6) is 0 Å². The summed E-state index contributed by atoms with van der Waals surface area (Å²) in [7, 11) is 0. The van der Waals surface area contributed by atoms with Gasteiger partial charge < -0.3 is 4.42 Å². The Balaban J connectivity index is 1.55. The zero-order valence-electron chi connectivity index (χ0n) is 19.3. The molecule has 0 saturated carbocycles. The maximum Gasteiger partial charge on any atom is 0.145 e. The number of pyridine rings is 1. The SMILES string of the molecule is Cc1cc(-c2ccc(C(C)c3ccccc3)c3c2oc2ccccc23)ncc1-c1ccccc1. The second kappa shape index (κ2) is 8.31. The van der Waals surface area contributed by atoms with Crippen molar-refractivity contribution in [3.05, 3.63) is 126 Å². The summed E-state index contributed by atoms with van der Waals surface area (Å²) in [4.78, 5) is 4.88. The first-order chi connectivity index (χ1) is 16.7. The summed E-state index contributed by atoms with van der Waals surface area (Å²) in [5.41, 5.74) is 9.86. The van der Waals surface area contributed by atoms with Crippen molar-refractivity contribution in [3.8, 4) is 22.4 Å². The van der Waals surface area contributed by atoms with E-state index in [-0.39, 0.29) is 5.92 Å². The number of benzene rings is 4. The van der Waals surface area contributed by atoms with Crippen LogP contribution in [0, 0.1) is 6.92 Å². The Labute approximate surface area is 199 Å². The standard InChI is InChI=1S/C32H25NO/c1-21-19-29(33-20-28(21)24-13-7-4-8-14-24)26-18-17-25(22(2)23-11-5-3-6-12-23)31-27-15-9-10-16-30(27)34-32(26)31/h3-20,22H,1-2H3. The molecule has 4 aromatic carbocycles. The van der Waals surface area contributed by atoms with E-state index in [2.05, 4.69) is 98.8 Å². The molecule has 0 bridgehead atoms. The van der Waals surface area contributed by atoms with Crippen LogP contribution in [-0.2, 0) is 0 Å². The van der Waals surface area contributed by atoms with Gasteiger partial charge in [-0.1, -0.05) is 91.9 Å². The fourth-order valence-electron chi connectivity index (χ4n) is 4.96. The van der Waals surface area contributed by atoms with Crippen LogP contribution in [0.2, 0.25) is 0 Å². The lowest BCUT2D eigenvalue weighted by molar-refractivity contribution is 0.669. The van der Waals surface area contributed by atoms with Gasteiger partial charge in [0.25, 0.3) is 0 Å². The highest BCUT2D eigenvalue weighted by Gasteiger charge is 2.20. The van der Waals surface area contributed by atoms with Gasteiger partial charge in [-0.15, -0.1) is 0 Å². The van der Waals surface area contributed by atoms with Crippen molar-refractivity contribution >= 4 is 21.9 Å². The second-order valence-corrected chi connectivity index (χ2v) is 8.89. The largest absolute Gasteiger partial charge is 0.455 e. The predicted octanol–water partition coefficient (Wildman–Crippen LogP) is 8.78. The zero-order valence-corrected chi connectivity index (χ0v) is 19.3. The molecule has 34 heavy (non-hydrogen) atoms. The summed E-state index contributed by atoms with van der Waals surface area (Å²) < 4.78 is 6.48. The van der Waals surface area contributed by atoms with Gasteiger partial charge in [0.2, 0.25) is 0 Å². The smallest absolute Gasteiger partial charge is 0.145 e. The van der Waals surface area contributed by atoms with Gasteiger partial charge in [-0.05, 0) is 47.4 Å². The molecule has 0 aliphatic heterocycles. The van der Waals surface area contributed by atoms with Crippen molar-refractivity contribution in [1.82, 2.24) is 4.98 Å². The normalized spacial score (nSPS) is 12.3. The summed E-state index contributed by atoms with van der Waals surface area (Å²) in [5.74, 6) is 0.244. The van der Waals surface area contributed by atoms with Gasteiger partial charge in [0.1, 0.15) is 11.2 Å². The van der Waals surface area contributed by atoms with Crippen LogP contribution < -0.4 is 0 Å². The van der Waals surface area contributed by atoms with E-state index in [1.165, 1.54) is 27.6 Å². The summed E-state index contributed by atoms with van der Waals surface area (Å²) in [5, 5.41) is 2.32. The van der Waals surface area contributed by atoms with Gasteiger partial charge in [-0.25, -0.2) is 0 Å². The van der Waals surface area contributed by atoms with E-state index in [1.54, 1.807) is 0 Å². The molecule has 6 aromatic rings. The van der Waals surface area contributed by atoms with Gasteiger partial charge in [0.15, 0.2) is 0 Å². The minimum atomic E-state index is 0.244. The molecule has 0 spiro atoms. The Hall–Kier alpha value is -4.17. The summed E-state index contributed by atoms with van der Waals surface area (Å²) in [6.45, 7) is 4.41. The number of furan rings is 1. The maximum atomic E-state index is 6.48. The summed E-state index contributed by atoms with van der Waals surface area (Å²) in [6.07, 6.45) is 1.98. The Bertz CT molecular complexity index is 1610. The van der Waals surface area contributed by atoms with Crippen molar-refractivity contribution in [1.29, 1.82) is 0 Å². The molecule has 6 rings (SSSR count). The zero-order chi connectivity index (χ0) is 23.1. The van der Waals surface area contributed by atoms with Crippen LogP contribution in [0.15, 0.2) is 114 Å². The van der Waals surface area contributed by atoms with E-state index in [1.807, 2.05) is 24.4 Å². The molecule has 0 N–H and O–H groups in total. The lowest BCUT2D eigenvalue weighted by Crippen LogP contribution is -1.97. The second-order valence-electron chi connectivity index (χ2n) is 8.89. The van der Waals surface area contributed by atoms with E-state index in [4.69, 9.17) is 9.40 Å². The van der Waals surface area contributed by atoms with E-state index in [9.17, 15) is 0 Å². The molecule has 164 valence electrons. The highest BCUT2D eigenvalue weighted by molar-refractivity contribution is 6.11. The number of fused-ring (bicyclic) bond motifs is 3. The highest BCUT2D eigenvalue weighted by atomic mass is 16.3. The van der Waals surface area contributed by atoms with Gasteiger partial charge >= 0.3 is 0 Å². The van der Waals surface area contributed by atoms with E-state index in [0.717, 1.165) is 33.4 Å². The number of nitrogens with zero attached hydrogens (tertiary/aromatic N) is 1. The van der Waals surface area contributed by atoms with Crippen molar-refractivity contribution in [2.24, 2.45) is 0 Å². The number of hydrogen-bond acceptors (Lipinski definition) is 2. The fourth-order valence-corrected chi connectivity index (χ4v) is 4.96. The molecule has 0 fully saturated rings. The van der Waals surface area contributed by atoms with Crippen LogP contribution in [0.25, 0.3) is 44.3 Å². The molecule has 2 nitrogen and oxygen atoms in total. The molecule has 0 aliphatic carbocycles. The topological polar surface area (TPSA) is 26.0 Å². The van der Waals surface area contributed by atoms with E-state index < -0.39 is 0 Å². The Morgan fingerprint density at radius 3 is 2.21 bits per heavy atom. The molecule has 0 aliphatic rings. The van der Waals surface area contributed by atoms with Crippen LogP contribution in [0.4, 0.5) is 0 Å². The number of hydrogen-bond donors (Lipinski definition) is 0. The number of aromatic nitrogens is 1. The molecule has 2 aromatic heterocycles. The van der Waals surface area contributed by atoms with Crippen molar-refractivity contribution in [2.75, 3.05) is 0 Å².